The van der Waals surface area contributed by atoms with Gasteiger partial charge in [-0.25, -0.2) is 4.79 Å². The smallest absolute Gasteiger partial charge is 0.332 e. The number of likely N-dealkylation sites (tertiary alicyclic amines) is 1. The maximum Gasteiger partial charge on any atom is 0.332 e. The van der Waals surface area contributed by atoms with Gasteiger partial charge in [-0.1, -0.05) is 12.1 Å². The summed E-state index contributed by atoms with van der Waals surface area (Å²) in [7, 11) is 0. The van der Waals surface area contributed by atoms with E-state index >= 15 is 0 Å². The van der Waals surface area contributed by atoms with E-state index in [0.717, 1.165) is 50.9 Å². The molecule has 6 nitrogen and oxygen atoms in total. The van der Waals surface area contributed by atoms with Crippen LogP contribution in [0.2, 0.25) is 0 Å². The Morgan fingerprint density at radius 2 is 2.00 bits per heavy atom. The zero-order valence-corrected chi connectivity index (χ0v) is 14.9. The molecule has 3 aliphatic heterocycles. The molecule has 1 aromatic carbocycles. The number of piperidine rings is 1. The second-order valence-corrected chi connectivity index (χ2v) is 7.64. The molecule has 1 aromatic rings. The third-order valence-corrected chi connectivity index (χ3v) is 5.99. The minimum Gasteiger partial charge on any atom is -0.479 e. The highest BCUT2D eigenvalue weighted by Crippen LogP contribution is 2.32. The first-order chi connectivity index (χ1) is 12.6. The van der Waals surface area contributed by atoms with Crippen molar-refractivity contribution in [3.8, 4) is 0 Å². The molecule has 1 amide bonds. The van der Waals surface area contributed by atoms with Crippen molar-refractivity contribution >= 4 is 17.6 Å². The van der Waals surface area contributed by atoms with Crippen LogP contribution in [0.5, 0.6) is 0 Å². The number of hydrogen-bond donors (Lipinski definition) is 2. The van der Waals surface area contributed by atoms with Crippen LogP contribution < -0.4 is 5.32 Å². The molecular weight excluding hydrogens is 332 g/mol. The average Bonchev–Trinajstić information content (AvgIpc) is 3.31. The van der Waals surface area contributed by atoms with Gasteiger partial charge in [0.1, 0.15) is 0 Å². The molecule has 0 unspecified atom stereocenters. The Hall–Kier alpha value is -2.08. The van der Waals surface area contributed by atoms with E-state index in [4.69, 9.17) is 9.84 Å². The third kappa shape index (κ3) is 3.56. The highest BCUT2D eigenvalue weighted by Gasteiger charge is 2.37. The van der Waals surface area contributed by atoms with Gasteiger partial charge in [-0.2, -0.15) is 0 Å². The predicted molar refractivity (Wildman–Crippen MR) is 97.2 cm³/mol. The molecule has 3 heterocycles. The Labute approximate surface area is 153 Å². The van der Waals surface area contributed by atoms with Gasteiger partial charge in [0.2, 0.25) is 5.91 Å². The molecule has 2 fully saturated rings. The van der Waals surface area contributed by atoms with Crippen LogP contribution in [-0.4, -0.2) is 53.7 Å². The monoisotopic (exact) mass is 358 g/mol. The third-order valence-electron chi connectivity index (χ3n) is 5.99. The molecule has 0 radical (unpaired) electrons. The van der Waals surface area contributed by atoms with Crippen LogP contribution in [0.25, 0.3) is 0 Å². The minimum atomic E-state index is -0.857. The quantitative estimate of drug-likeness (QED) is 0.861. The summed E-state index contributed by atoms with van der Waals surface area (Å²) < 4.78 is 5.69. The van der Waals surface area contributed by atoms with Crippen LogP contribution >= 0.6 is 0 Å². The number of fused-ring (bicyclic) bond motifs is 1. The number of benzene rings is 1. The predicted octanol–water partition coefficient (Wildman–Crippen LogP) is 2.07. The van der Waals surface area contributed by atoms with Crippen LogP contribution in [0.3, 0.4) is 0 Å². The van der Waals surface area contributed by atoms with E-state index in [1.165, 1.54) is 11.3 Å². The van der Waals surface area contributed by atoms with Crippen molar-refractivity contribution in [3.63, 3.8) is 0 Å². The van der Waals surface area contributed by atoms with Crippen molar-refractivity contribution in [2.75, 3.05) is 25.0 Å². The van der Waals surface area contributed by atoms with Gasteiger partial charge in [0, 0.05) is 25.3 Å². The molecule has 0 aliphatic carbocycles. The normalized spacial score (nSPS) is 25.8. The van der Waals surface area contributed by atoms with Gasteiger partial charge < -0.3 is 20.1 Å². The van der Waals surface area contributed by atoms with E-state index in [2.05, 4.69) is 23.5 Å². The zero-order valence-electron chi connectivity index (χ0n) is 14.9. The number of carbonyl (C=O) groups excluding carboxylic acids is 1. The van der Waals surface area contributed by atoms with E-state index in [1.54, 1.807) is 0 Å². The molecule has 2 saturated heterocycles. The molecule has 26 heavy (non-hydrogen) atoms. The number of carboxylic acids is 1. The molecule has 2 atom stereocenters. The molecule has 2 N–H and O–H groups in total. The second-order valence-electron chi connectivity index (χ2n) is 7.64. The minimum absolute atomic E-state index is 0.0381. The molecule has 4 rings (SSSR count). The molecule has 0 aromatic heterocycles. The van der Waals surface area contributed by atoms with Gasteiger partial charge >= 0.3 is 5.97 Å². The molecular formula is C20H26N2O4. The van der Waals surface area contributed by atoms with Gasteiger partial charge in [0.15, 0.2) is 6.10 Å². The van der Waals surface area contributed by atoms with Crippen molar-refractivity contribution < 1.29 is 19.4 Å². The number of carbonyl (C=O) groups is 2. The Morgan fingerprint density at radius 1 is 1.19 bits per heavy atom. The molecule has 6 heteroatoms. The SMILES string of the molecule is O=C(O)[C@H]1CC[C@@H](C2CCN(C(=O)Cc3ccc4c(c3)NCC4)CC2)O1. The standard InChI is InChI=1S/C20H26N2O4/c23-19(12-13-1-2-14-5-8-21-16(14)11-13)22-9-6-15(7-10-22)17-3-4-18(26-17)20(24)25/h1-2,11,15,17-18,21H,3-10,12H2,(H,24,25)/t17-,18+/m0/s1. The van der Waals surface area contributed by atoms with Crippen LogP contribution in [0.15, 0.2) is 18.2 Å². The second kappa shape index (κ2) is 7.27. The van der Waals surface area contributed by atoms with Crippen LogP contribution in [0.1, 0.15) is 36.8 Å². The zero-order chi connectivity index (χ0) is 18.1. The Kier molecular flexibility index (Phi) is 4.85. The van der Waals surface area contributed by atoms with Crippen LogP contribution in [-0.2, 0) is 27.2 Å². The van der Waals surface area contributed by atoms with Crippen molar-refractivity contribution in [3.05, 3.63) is 29.3 Å². The summed E-state index contributed by atoms with van der Waals surface area (Å²) >= 11 is 0. The van der Waals surface area contributed by atoms with E-state index in [9.17, 15) is 9.59 Å². The van der Waals surface area contributed by atoms with Gasteiger partial charge in [-0.15, -0.1) is 0 Å². The summed E-state index contributed by atoms with van der Waals surface area (Å²) in [6.07, 6.45) is 4.11. The number of hydrogen-bond acceptors (Lipinski definition) is 4. The summed E-state index contributed by atoms with van der Waals surface area (Å²) in [5, 5.41) is 12.4. The van der Waals surface area contributed by atoms with Crippen LogP contribution in [0, 0.1) is 5.92 Å². The first-order valence-electron chi connectivity index (χ1n) is 9.62. The highest BCUT2D eigenvalue weighted by molar-refractivity contribution is 5.79. The largest absolute Gasteiger partial charge is 0.479 e. The van der Waals surface area contributed by atoms with E-state index in [1.807, 2.05) is 4.90 Å². The highest BCUT2D eigenvalue weighted by atomic mass is 16.5. The maximum absolute atomic E-state index is 12.6. The fraction of sp³-hybridized carbons (Fsp3) is 0.600. The van der Waals surface area contributed by atoms with Crippen LogP contribution in [0.4, 0.5) is 5.69 Å². The lowest BCUT2D eigenvalue weighted by molar-refractivity contribution is -0.151. The average molecular weight is 358 g/mol. The Morgan fingerprint density at radius 3 is 2.73 bits per heavy atom. The number of rotatable bonds is 4. The number of nitrogens with one attached hydrogen (secondary N) is 1. The number of nitrogens with zero attached hydrogens (tertiary/aromatic N) is 1. The number of anilines is 1. The summed E-state index contributed by atoms with van der Waals surface area (Å²) in [5.74, 6) is -0.311. The lowest BCUT2D eigenvalue weighted by atomic mass is 9.89. The Balaban J connectivity index is 1.28. The molecule has 0 spiro atoms. The summed E-state index contributed by atoms with van der Waals surface area (Å²) in [6.45, 7) is 2.46. The first-order valence-corrected chi connectivity index (χ1v) is 9.62. The van der Waals surface area contributed by atoms with Gasteiger partial charge in [0.25, 0.3) is 0 Å². The van der Waals surface area contributed by atoms with Crippen molar-refractivity contribution in [1.82, 2.24) is 4.90 Å². The number of carboxylic acid groups (broad SMARTS) is 1. The van der Waals surface area contributed by atoms with Crippen molar-refractivity contribution in [1.29, 1.82) is 0 Å². The van der Waals surface area contributed by atoms with E-state index in [-0.39, 0.29) is 12.0 Å². The fourth-order valence-electron chi connectivity index (χ4n) is 4.45. The maximum atomic E-state index is 12.6. The lowest BCUT2D eigenvalue weighted by Crippen LogP contribution is -2.42. The van der Waals surface area contributed by atoms with Gasteiger partial charge in [-0.05, 0) is 55.2 Å². The van der Waals surface area contributed by atoms with E-state index < -0.39 is 12.1 Å². The first kappa shape index (κ1) is 17.3. The van der Waals surface area contributed by atoms with Crippen molar-refractivity contribution in [2.24, 2.45) is 5.92 Å². The van der Waals surface area contributed by atoms with Gasteiger partial charge in [-0.3, -0.25) is 4.79 Å². The topological polar surface area (TPSA) is 78.9 Å². The summed E-state index contributed by atoms with van der Waals surface area (Å²) in [6, 6.07) is 6.29. The number of aliphatic carboxylic acids is 1. The number of ether oxygens (including phenoxy) is 1. The number of amides is 1. The summed E-state index contributed by atoms with van der Waals surface area (Å²) in [4.78, 5) is 25.6. The summed E-state index contributed by atoms with van der Waals surface area (Å²) in [5.41, 5.74) is 3.56. The molecule has 0 bridgehead atoms. The Bertz CT molecular complexity index is 697. The lowest BCUT2D eigenvalue weighted by Gasteiger charge is -2.34. The van der Waals surface area contributed by atoms with E-state index in [0.29, 0.717) is 18.8 Å². The fourth-order valence-corrected chi connectivity index (χ4v) is 4.45. The van der Waals surface area contributed by atoms with Crippen molar-refractivity contribution in [2.45, 2.75) is 50.7 Å². The molecule has 140 valence electrons. The van der Waals surface area contributed by atoms with Gasteiger partial charge in [0.05, 0.1) is 12.5 Å². The molecule has 3 aliphatic rings. The molecule has 0 saturated carbocycles.